The van der Waals surface area contributed by atoms with E-state index in [-0.39, 0.29) is 27.4 Å². The van der Waals surface area contributed by atoms with Gasteiger partial charge in [-0.15, -0.1) is 10.2 Å². The highest BCUT2D eigenvalue weighted by Gasteiger charge is 2.22. The largest absolute Gasteiger partial charge is 0.355 e. The Kier molecular flexibility index (Phi) is 5.40. The highest BCUT2D eigenvalue weighted by atomic mass is 32.2. The van der Waals surface area contributed by atoms with Crippen molar-refractivity contribution >= 4 is 38.3 Å². The van der Waals surface area contributed by atoms with Crippen LogP contribution in [-0.2, 0) is 10.0 Å². The van der Waals surface area contributed by atoms with Crippen molar-refractivity contribution in [1.29, 1.82) is 5.26 Å². The molecule has 3 N–H and O–H groups in total. The number of para-hydroxylation sites is 1. The molecule has 0 aliphatic rings. The topological polar surface area (TPSA) is 180 Å². The molecule has 0 radical (unpaired) electrons. The smallest absolute Gasteiger partial charge is 0.278 e. The van der Waals surface area contributed by atoms with Crippen molar-refractivity contribution in [3.63, 3.8) is 0 Å². The van der Waals surface area contributed by atoms with E-state index in [4.69, 9.17) is 4.52 Å². The van der Waals surface area contributed by atoms with E-state index in [9.17, 15) is 18.5 Å². The van der Waals surface area contributed by atoms with Gasteiger partial charge < -0.3 is 9.84 Å². The number of aromatic nitrogens is 5. The van der Waals surface area contributed by atoms with Gasteiger partial charge in [-0.3, -0.25) is 9.52 Å². The summed E-state index contributed by atoms with van der Waals surface area (Å²) in [4.78, 5) is 13.0. The number of aromatic amines is 1. The summed E-state index contributed by atoms with van der Waals surface area (Å²) in [5.74, 6) is -0.494. The fraction of sp³-hybridized carbons (Fsp3) is 0. The van der Waals surface area contributed by atoms with Crippen molar-refractivity contribution in [1.82, 2.24) is 25.8 Å². The molecule has 0 aliphatic carbocycles. The van der Waals surface area contributed by atoms with Gasteiger partial charge in [-0.2, -0.15) is 10.5 Å². The number of nitriles is 1. The van der Waals surface area contributed by atoms with Crippen molar-refractivity contribution < 1.29 is 17.7 Å². The van der Waals surface area contributed by atoms with Crippen LogP contribution in [0.3, 0.4) is 0 Å². The summed E-state index contributed by atoms with van der Waals surface area (Å²) in [7, 11) is -3.94. The molecule has 2 heterocycles. The molecule has 13 heteroatoms. The van der Waals surface area contributed by atoms with Crippen LogP contribution in [0.1, 0.15) is 16.1 Å². The van der Waals surface area contributed by atoms with E-state index in [0.29, 0.717) is 22.5 Å². The lowest BCUT2D eigenvalue weighted by molar-refractivity contribution is 0.102. The number of nitrogens with one attached hydrogen (secondary N) is 3. The van der Waals surface area contributed by atoms with Gasteiger partial charge in [0.2, 0.25) is 5.82 Å². The molecule has 1 amide bonds. The van der Waals surface area contributed by atoms with Crippen LogP contribution >= 0.6 is 0 Å². The monoisotopic (exact) mass is 486 g/mol. The van der Waals surface area contributed by atoms with Crippen LogP contribution in [0.4, 0.5) is 11.4 Å². The van der Waals surface area contributed by atoms with Gasteiger partial charge in [0.1, 0.15) is 0 Å². The van der Waals surface area contributed by atoms with Crippen LogP contribution in [0.15, 0.2) is 76.1 Å². The predicted octanol–water partition coefficient (Wildman–Crippen LogP) is 2.93. The molecule has 2 aromatic heterocycles. The summed E-state index contributed by atoms with van der Waals surface area (Å²) in [6.45, 7) is 0. The van der Waals surface area contributed by atoms with Gasteiger partial charge in [-0.25, -0.2) is 8.42 Å². The molecular formula is C22H14N8O4S. The number of H-pyrrole nitrogens is 1. The third kappa shape index (κ3) is 4.28. The van der Waals surface area contributed by atoms with Crippen molar-refractivity contribution in [2.24, 2.45) is 0 Å². The number of hydrogen-bond donors (Lipinski definition) is 3. The molecule has 12 nitrogen and oxygen atoms in total. The molecule has 0 atom stereocenters. The maximum atomic E-state index is 13.1. The minimum absolute atomic E-state index is 0.0723. The molecule has 0 fully saturated rings. The summed E-state index contributed by atoms with van der Waals surface area (Å²) in [6.07, 6.45) is 0. The highest BCUT2D eigenvalue weighted by Crippen LogP contribution is 2.28. The van der Waals surface area contributed by atoms with E-state index in [1.807, 2.05) is 6.07 Å². The fourth-order valence-corrected chi connectivity index (χ4v) is 4.42. The fourth-order valence-electron chi connectivity index (χ4n) is 3.33. The SMILES string of the molecule is N#Cc1ccc(NC(=O)c2noc3ccc(S(=O)(=O)Nc4ccccc4)cc23)c(-c2nn[nH]n2)c1. The second kappa shape index (κ2) is 8.69. The average Bonchev–Trinajstić information content (AvgIpc) is 3.54. The van der Waals surface area contributed by atoms with Crippen LogP contribution in [-0.4, -0.2) is 40.1 Å². The first-order chi connectivity index (χ1) is 16.9. The quantitative estimate of drug-likeness (QED) is 0.325. The Labute approximate surface area is 197 Å². The number of benzene rings is 3. The lowest BCUT2D eigenvalue weighted by Crippen LogP contribution is -2.14. The predicted molar refractivity (Wildman–Crippen MR) is 124 cm³/mol. The normalized spacial score (nSPS) is 11.2. The number of fused-ring (bicyclic) bond motifs is 1. The number of carbonyl (C=O) groups is 1. The average molecular weight is 486 g/mol. The van der Waals surface area contributed by atoms with Crippen LogP contribution < -0.4 is 10.0 Å². The Bertz CT molecular complexity index is 1690. The van der Waals surface area contributed by atoms with Gasteiger partial charge in [-0.05, 0) is 53.7 Å². The van der Waals surface area contributed by atoms with Gasteiger partial charge in [0.15, 0.2) is 11.3 Å². The van der Waals surface area contributed by atoms with Gasteiger partial charge in [0.05, 0.1) is 27.6 Å². The Balaban J connectivity index is 1.48. The number of rotatable bonds is 6. The summed E-state index contributed by atoms with van der Waals surface area (Å²) in [5, 5.41) is 29.5. The number of tetrazole rings is 1. The van der Waals surface area contributed by atoms with Gasteiger partial charge in [0.25, 0.3) is 15.9 Å². The lowest BCUT2D eigenvalue weighted by atomic mass is 10.1. The van der Waals surface area contributed by atoms with Gasteiger partial charge in [-0.1, -0.05) is 23.4 Å². The molecule has 0 bridgehead atoms. The molecule has 3 aromatic carbocycles. The molecule has 35 heavy (non-hydrogen) atoms. The zero-order valence-corrected chi connectivity index (χ0v) is 18.4. The van der Waals surface area contributed by atoms with E-state index in [2.05, 4.69) is 35.8 Å². The first-order valence-corrected chi connectivity index (χ1v) is 11.5. The molecule has 5 aromatic rings. The van der Waals surface area contributed by atoms with Crippen molar-refractivity contribution in [3.05, 3.63) is 78.0 Å². The minimum atomic E-state index is -3.94. The van der Waals surface area contributed by atoms with Gasteiger partial charge >= 0.3 is 0 Å². The lowest BCUT2D eigenvalue weighted by Gasteiger charge is -2.09. The maximum Gasteiger partial charge on any atom is 0.278 e. The van der Waals surface area contributed by atoms with Crippen LogP contribution in [0.5, 0.6) is 0 Å². The molecule has 0 unspecified atom stereocenters. The molecular weight excluding hydrogens is 472 g/mol. The summed E-state index contributed by atoms with van der Waals surface area (Å²) >= 11 is 0. The number of sulfonamides is 1. The Hall–Kier alpha value is -5.09. The molecule has 0 aliphatic heterocycles. The first kappa shape index (κ1) is 21.7. The summed E-state index contributed by atoms with van der Waals surface area (Å²) in [6, 6.07) is 19.0. The van der Waals surface area contributed by atoms with Gasteiger partial charge in [0, 0.05) is 11.3 Å². The van der Waals surface area contributed by atoms with E-state index in [0.717, 1.165) is 0 Å². The maximum absolute atomic E-state index is 13.1. The minimum Gasteiger partial charge on any atom is -0.355 e. The second-order valence-electron chi connectivity index (χ2n) is 7.22. The van der Waals surface area contributed by atoms with Crippen molar-refractivity contribution in [2.75, 3.05) is 10.0 Å². The number of hydrogen-bond acceptors (Lipinski definition) is 9. The van der Waals surface area contributed by atoms with Crippen LogP contribution in [0.25, 0.3) is 22.4 Å². The number of anilines is 2. The Morgan fingerprint density at radius 3 is 2.63 bits per heavy atom. The molecule has 5 rings (SSSR count). The van der Waals surface area contributed by atoms with E-state index in [1.54, 1.807) is 30.3 Å². The van der Waals surface area contributed by atoms with Crippen LogP contribution in [0.2, 0.25) is 0 Å². The highest BCUT2D eigenvalue weighted by molar-refractivity contribution is 7.92. The van der Waals surface area contributed by atoms with Crippen molar-refractivity contribution in [3.8, 4) is 17.5 Å². The number of amides is 1. The standard InChI is InChI=1S/C22H14N8O4S/c23-12-13-6-8-18(16(10-13)21-25-29-30-26-21)24-22(31)20-17-11-15(7-9-19(17)34-27-20)35(32,33)28-14-4-2-1-3-5-14/h1-11,28H,(H,24,31)(H,25,26,29,30). The van der Waals surface area contributed by atoms with E-state index >= 15 is 0 Å². The van der Waals surface area contributed by atoms with E-state index < -0.39 is 15.9 Å². The van der Waals surface area contributed by atoms with Crippen molar-refractivity contribution in [2.45, 2.75) is 4.90 Å². The third-order valence-corrected chi connectivity index (χ3v) is 6.35. The third-order valence-electron chi connectivity index (χ3n) is 4.98. The zero-order chi connectivity index (χ0) is 24.4. The number of carbonyl (C=O) groups excluding carboxylic acids is 1. The summed E-state index contributed by atoms with van der Waals surface area (Å²) in [5.41, 5.74) is 1.48. The molecule has 172 valence electrons. The van der Waals surface area contributed by atoms with E-state index in [1.165, 1.54) is 36.4 Å². The zero-order valence-electron chi connectivity index (χ0n) is 17.6. The molecule has 0 spiro atoms. The Morgan fingerprint density at radius 1 is 1.06 bits per heavy atom. The number of nitrogens with zero attached hydrogens (tertiary/aromatic N) is 5. The summed E-state index contributed by atoms with van der Waals surface area (Å²) < 4.78 is 33.4. The molecule has 0 saturated heterocycles. The van der Waals surface area contributed by atoms with Crippen LogP contribution in [0, 0.1) is 11.3 Å². The first-order valence-electron chi connectivity index (χ1n) is 10.0. The molecule has 0 saturated carbocycles. The Morgan fingerprint density at radius 2 is 1.89 bits per heavy atom. The second-order valence-corrected chi connectivity index (χ2v) is 8.90.